The minimum atomic E-state index is 0.717. The number of nitrogens with zero attached hydrogens (tertiary/aromatic N) is 1. The molecule has 0 saturated carbocycles. The highest BCUT2D eigenvalue weighted by Crippen LogP contribution is 2.19. The van der Waals surface area contributed by atoms with Gasteiger partial charge in [0.1, 0.15) is 0 Å². The van der Waals surface area contributed by atoms with Gasteiger partial charge in [-0.3, -0.25) is 5.43 Å². The minimum absolute atomic E-state index is 0.717. The van der Waals surface area contributed by atoms with E-state index in [1.54, 1.807) is 0 Å². The molecule has 0 aliphatic rings. The molecular weight excluding hydrogens is 282 g/mol. The summed E-state index contributed by atoms with van der Waals surface area (Å²) in [6, 6.07) is 26.0. The van der Waals surface area contributed by atoms with Gasteiger partial charge in [-0.05, 0) is 24.6 Å². The van der Waals surface area contributed by atoms with Gasteiger partial charge in [-0.1, -0.05) is 66.7 Å². The highest BCUT2D eigenvalue weighted by Gasteiger charge is 2.07. The van der Waals surface area contributed by atoms with Crippen molar-refractivity contribution in [2.24, 2.45) is 5.10 Å². The quantitative estimate of drug-likeness (QED) is 0.425. The summed E-state index contributed by atoms with van der Waals surface area (Å²) >= 11 is 0. The number of nitrogens with one attached hydrogen (secondary N) is 1. The Bertz CT molecular complexity index is 767. The summed E-state index contributed by atoms with van der Waals surface area (Å²) in [5.41, 5.74) is 14.8. The molecule has 0 unspecified atom stereocenters. The average Bonchev–Trinajstić information content (AvgIpc) is 2.60. The molecule has 0 radical (unpaired) electrons. The third-order valence-corrected chi connectivity index (χ3v) is 3.64. The summed E-state index contributed by atoms with van der Waals surface area (Å²) in [7, 11) is 0. The molecule has 3 N–H and O–H groups in total. The number of hydrazone groups is 1. The van der Waals surface area contributed by atoms with Gasteiger partial charge in [-0.15, -0.1) is 0 Å². The monoisotopic (exact) mass is 301 g/mol. The first kappa shape index (κ1) is 14.9. The van der Waals surface area contributed by atoms with Gasteiger partial charge in [0, 0.05) is 16.8 Å². The van der Waals surface area contributed by atoms with Crippen molar-refractivity contribution in [3.63, 3.8) is 0 Å². The Hall–Kier alpha value is -3.07. The number of hydrogen-bond donors (Lipinski definition) is 2. The molecule has 0 amide bonds. The molecule has 0 fully saturated rings. The Labute approximate surface area is 136 Å². The van der Waals surface area contributed by atoms with Crippen molar-refractivity contribution in [2.75, 3.05) is 11.2 Å². The van der Waals surface area contributed by atoms with Crippen LogP contribution in [0.4, 0.5) is 11.4 Å². The van der Waals surface area contributed by atoms with E-state index in [0.717, 1.165) is 28.1 Å². The SMILES string of the molecule is Cc1ccc(N)cc1NN=C(c1ccccc1)c1ccccc1. The third-order valence-electron chi connectivity index (χ3n) is 3.64. The van der Waals surface area contributed by atoms with E-state index in [9.17, 15) is 0 Å². The molecule has 0 bridgehead atoms. The molecule has 0 aliphatic heterocycles. The summed E-state index contributed by atoms with van der Waals surface area (Å²) in [4.78, 5) is 0. The Morgan fingerprint density at radius 3 is 1.96 bits per heavy atom. The number of hydrogen-bond acceptors (Lipinski definition) is 3. The van der Waals surface area contributed by atoms with Crippen molar-refractivity contribution in [1.82, 2.24) is 0 Å². The number of rotatable bonds is 4. The molecular formula is C20H19N3. The lowest BCUT2D eigenvalue weighted by Crippen LogP contribution is -2.07. The second kappa shape index (κ2) is 6.79. The van der Waals surface area contributed by atoms with Crippen LogP contribution < -0.4 is 11.2 Å². The molecule has 3 aromatic carbocycles. The van der Waals surface area contributed by atoms with Crippen molar-refractivity contribution in [2.45, 2.75) is 6.92 Å². The lowest BCUT2D eigenvalue weighted by atomic mass is 10.0. The maximum Gasteiger partial charge on any atom is 0.0977 e. The zero-order valence-electron chi connectivity index (χ0n) is 13.0. The molecule has 0 atom stereocenters. The van der Waals surface area contributed by atoms with Crippen LogP contribution >= 0.6 is 0 Å². The fraction of sp³-hybridized carbons (Fsp3) is 0.0500. The maximum atomic E-state index is 5.87. The first-order valence-electron chi connectivity index (χ1n) is 7.55. The predicted molar refractivity (Wildman–Crippen MR) is 97.7 cm³/mol. The van der Waals surface area contributed by atoms with E-state index in [4.69, 9.17) is 5.73 Å². The second-order valence-electron chi connectivity index (χ2n) is 5.38. The summed E-state index contributed by atoms with van der Waals surface area (Å²) in [6.07, 6.45) is 0. The van der Waals surface area contributed by atoms with Crippen LogP contribution in [0.2, 0.25) is 0 Å². The van der Waals surface area contributed by atoms with Crippen LogP contribution in [0.25, 0.3) is 0 Å². The topological polar surface area (TPSA) is 50.4 Å². The molecule has 0 saturated heterocycles. The normalized spacial score (nSPS) is 10.1. The van der Waals surface area contributed by atoms with Crippen LogP contribution in [0.15, 0.2) is 84.0 Å². The lowest BCUT2D eigenvalue weighted by Gasteiger charge is -2.10. The number of aryl methyl sites for hydroxylation is 1. The smallest absolute Gasteiger partial charge is 0.0977 e. The lowest BCUT2D eigenvalue weighted by molar-refractivity contribution is 1.29. The van der Waals surface area contributed by atoms with E-state index in [0.29, 0.717) is 5.69 Å². The molecule has 0 spiro atoms. The number of benzene rings is 3. The van der Waals surface area contributed by atoms with Crippen LogP contribution in [0.1, 0.15) is 16.7 Å². The van der Waals surface area contributed by atoms with Crippen molar-refractivity contribution in [3.05, 3.63) is 95.6 Å². The highest BCUT2D eigenvalue weighted by atomic mass is 15.3. The maximum absolute atomic E-state index is 5.87. The van der Waals surface area contributed by atoms with Crippen LogP contribution in [0, 0.1) is 6.92 Å². The van der Waals surface area contributed by atoms with E-state index in [1.807, 2.05) is 61.5 Å². The summed E-state index contributed by atoms with van der Waals surface area (Å²) < 4.78 is 0. The Morgan fingerprint density at radius 1 is 0.826 bits per heavy atom. The molecule has 3 aromatic rings. The molecule has 0 aliphatic carbocycles. The van der Waals surface area contributed by atoms with Crippen LogP contribution in [0.3, 0.4) is 0 Å². The van der Waals surface area contributed by atoms with Crippen molar-refractivity contribution in [3.8, 4) is 0 Å². The summed E-state index contributed by atoms with van der Waals surface area (Å²) in [5, 5.41) is 4.65. The van der Waals surface area contributed by atoms with Gasteiger partial charge in [0.05, 0.1) is 11.4 Å². The standard InChI is InChI=1S/C20H19N3/c1-15-12-13-18(21)14-19(15)22-23-20(16-8-4-2-5-9-16)17-10-6-3-7-11-17/h2-14,22H,21H2,1H3. The fourth-order valence-electron chi connectivity index (χ4n) is 2.36. The van der Waals surface area contributed by atoms with Gasteiger partial charge in [0.2, 0.25) is 0 Å². The molecule has 114 valence electrons. The first-order chi connectivity index (χ1) is 11.2. The first-order valence-corrected chi connectivity index (χ1v) is 7.55. The second-order valence-corrected chi connectivity index (χ2v) is 5.38. The zero-order valence-corrected chi connectivity index (χ0v) is 13.0. The van der Waals surface area contributed by atoms with Gasteiger partial charge in [0.15, 0.2) is 0 Å². The van der Waals surface area contributed by atoms with Crippen molar-refractivity contribution >= 4 is 17.1 Å². The Morgan fingerprint density at radius 2 is 1.39 bits per heavy atom. The molecule has 23 heavy (non-hydrogen) atoms. The Kier molecular flexibility index (Phi) is 4.39. The van der Waals surface area contributed by atoms with E-state index >= 15 is 0 Å². The highest BCUT2D eigenvalue weighted by molar-refractivity contribution is 6.13. The van der Waals surface area contributed by atoms with Gasteiger partial charge in [0.25, 0.3) is 0 Å². The van der Waals surface area contributed by atoms with Crippen molar-refractivity contribution < 1.29 is 0 Å². The van der Waals surface area contributed by atoms with Gasteiger partial charge < -0.3 is 5.73 Å². The largest absolute Gasteiger partial charge is 0.399 e. The molecule has 0 heterocycles. The van der Waals surface area contributed by atoms with E-state index in [1.165, 1.54) is 0 Å². The van der Waals surface area contributed by atoms with Gasteiger partial charge >= 0.3 is 0 Å². The number of nitrogens with two attached hydrogens (primary N) is 1. The molecule has 3 nitrogen and oxygen atoms in total. The van der Waals surface area contributed by atoms with Gasteiger partial charge in [-0.25, -0.2) is 0 Å². The van der Waals surface area contributed by atoms with Crippen LogP contribution in [-0.2, 0) is 0 Å². The zero-order chi connectivity index (χ0) is 16.1. The average molecular weight is 301 g/mol. The minimum Gasteiger partial charge on any atom is -0.399 e. The van der Waals surface area contributed by atoms with E-state index in [-0.39, 0.29) is 0 Å². The van der Waals surface area contributed by atoms with E-state index < -0.39 is 0 Å². The Balaban J connectivity index is 2.00. The van der Waals surface area contributed by atoms with Gasteiger partial charge in [-0.2, -0.15) is 5.10 Å². The number of nitrogen functional groups attached to an aromatic ring is 1. The fourth-order valence-corrected chi connectivity index (χ4v) is 2.36. The summed E-state index contributed by atoms with van der Waals surface area (Å²) in [6.45, 7) is 2.03. The molecule has 3 rings (SSSR count). The molecule has 0 aromatic heterocycles. The number of anilines is 2. The van der Waals surface area contributed by atoms with Crippen molar-refractivity contribution in [1.29, 1.82) is 0 Å². The predicted octanol–water partition coefficient (Wildman–Crippen LogP) is 4.44. The summed E-state index contributed by atoms with van der Waals surface area (Å²) in [5.74, 6) is 0. The third kappa shape index (κ3) is 3.58. The van der Waals surface area contributed by atoms with E-state index in [2.05, 4.69) is 34.8 Å². The van der Waals surface area contributed by atoms with Crippen LogP contribution in [-0.4, -0.2) is 5.71 Å². The molecule has 3 heteroatoms. The van der Waals surface area contributed by atoms with Crippen LogP contribution in [0.5, 0.6) is 0 Å².